The molecule has 0 saturated carbocycles. The van der Waals surface area contributed by atoms with Crippen LogP contribution in [-0.2, 0) is 4.79 Å². The molecule has 0 saturated heterocycles. The van der Waals surface area contributed by atoms with E-state index in [0.29, 0.717) is 5.56 Å². The van der Waals surface area contributed by atoms with E-state index in [1.54, 1.807) is 7.11 Å². The third-order valence-corrected chi connectivity index (χ3v) is 3.74. The molecule has 0 fully saturated rings. The van der Waals surface area contributed by atoms with Crippen LogP contribution in [0.1, 0.15) is 41.7 Å². The van der Waals surface area contributed by atoms with E-state index in [1.807, 2.05) is 31.2 Å². The predicted molar refractivity (Wildman–Crippen MR) is 89.5 cm³/mol. The highest BCUT2D eigenvalue weighted by Gasteiger charge is 2.12. The molecule has 1 N–H and O–H groups in total. The Bertz CT molecular complexity index is 696. The normalized spacial score (nSPS) is 11.6. The van der Waals surface area contributed by atoms with E-state index in [-0.39, 0.29) is 30.6 Å². The van der Waals surface area contributed by atoms with Gasteiger partial charge in [-0.3, -0.25) is 9.59 Å². The molecule has 0 aromatic heterocycles. The summed E-state index contributed by atoms with van der Waals surface area (Å²) in [6.07, 6.45) is 0.184. The summed E-state index contributed by atoms with van der Waals surface area (Å²) in [6, 6.07) is 12.6. The lowest BCUT2D eigenvalue weighted by molar-refractivity contribution is -0.121. The molecule has 0 radical (unpaired) electrons. The van der Waals surface area contributed by atoms with Gasteiger partial charge < -0.3 is 10.1 Å². The standard InChI is InChI=1S/C19H20FNO3/c1-13(14-5-9-17(24-2)10-6-14)21-19(23)12-11-18(22)15-3-7-16(20)8-4-15/h3-10,13H,11-12H2,1-2H3,(H,21,23). The molecule has 2 rings (SSSR count). The van der Waals surface area contributed by atoms with Crippen LogP contribution in [0.4, 0.5) is 4.39 Å². The first-order chi connectivity index (χ1) is 11.5. The summed E-state index contributed by atoms with van der Waals surface area (Å²) in [7, 11) is 1.60. The molecule has 1 atom stereocenters. The molecular weight excluding hydrogens is 309 g/mol. The van der Waals surface area contributed by atoms with E-state index >= 15 is 0 Å². The number of carbonyl (C=O) groups excluding carboxylic acids is 2. The Labute approximate surface area is 140 Å². The van der Waals surface area contributed by atoms with E-state index in [0.717, 1.165) is 11.3 Å². The lowest BCUT2D eigenvalue weighted by atomic mass is 10.1. The molecule has 24 heavy (non-hydrogen) atoms. The van der Waals surface area contributed by atoms with Crippen molar-refractivity contribution in [3.05, 3.63) is 65.5 Å². The van der Waals surface area contributed by atoms with E-state index in [9.17, 15) is 14.0 Å². The molecule has 0 heterocycles. The molecule has 1 amide bonds. The van der Waals surface area contributed by atoms with Crippen LogP contribution in [0.3, 0.4) is 0 Å². The highest BCUT2D eigenvalue weighted by molar-refractivity contribution is 5.97. The zero-order chi connectivity index (χ0) is 17.5. The van der Waals surface area contributed by atoms with Crippen molar-refractivity contribution in [1.82, 2.24) is 5.32 Å². The second-order valence-electron chi connectivity index (χ2n) is 5.49. The number of amides is 1. The molecule has 126 valence electrons. The maximum atomic E-state index is 12.8. The first kappa shape index (κ1) is 17.7. The quantitative estimate of drug-likeness (QED) is 0.789. The molecule has 2 aromatic carbocycles. The van der Waals surface area contributed by atoms with Crippen molar-refractivity contribution >= 4 is 11.7 Å². The average molecular weight is 329 g/mol. The largest absolute Gasteiger partial charge is 0.497 e. The molecule has 0 aliphatic rings. The van der Waals surface area contributed by atoms with Gasteiger partial charge in [-0.15, -0.1) is 0 Å². The monoisotopic (exact) mass is 329 g/mol. The minimum Gasteiger partial charge on any atom is -0.497 e. The lowest BCUT2D eigenvalue weighted by Crippen LogP contribution is -2.26. The zero-order valence-electron chi connectivity index (χ0n) is 13.7. The number of hydrogen-bond acceptors (Lipinski definition) is 3. The van der Waals surface area contributed by atoms with Crippen LogP contribution >= 0.6 is 0 Å². The third kappa shape index (κ3) is 4.91. The minimum atomic E-state index is -0.391. The number of ketones is 1. The second-order valence-corrected chi connectivity index (χ2v) is 5.49. The van der Waals surface area contributed by atoms with Crippen molar-refractivity contribution in [3.63, 3.8) is 0 Å². The second kappa shape index (κ2) is 8.24. The van der Waals surface area contributed by atoms with E-state index in [2.05, 4.69) is 5.32 Å². The van der Waals surface area contributed by atoms with Crippen molar-refractivity contribution in [2.45, 2.75) is 25.8 Å². The molecule has 0 aliphatic carbocycles. The van der Waals surface area contributed by atoms with Gasteiger partial charge in [-0.05, 0) is 48.9 Å². The van der Waals surface area contributed by atoms with Gasteiger partial charge in [0.05, 0.1) is 13.2 Å². The van der Waals surface area contributed by atoms with Crippen LogP contribution in [0.5, 0.6) is 5.75 Å². The first-order valence-corrected chi connectivity index (χ1v) is 7.71. The average Bonchev–Trinajstić information content (AvgIpc) is 2.60. The molecule has 2 aromatic rings. The Morgan fingerprint density at radius 2 is 1.67 bits per heavy atom. The summed E-state index contributed by atoms with van der Waals surface area (Å²) in [5.74, 6) is -0.0178. The number of nitrogens with one attached hydrogen (secondary N) is 1. The van der Waals surface area contributed by atoms with Gasteiger partial charge in [0.1, 0.15) is 11.6 Å². The lowest BCUT2D eigenvalue weighted by Gasteiger charge is -2.14. The summed E-state index contributed by atoms with van der Waals surface area (Å²) in [4.78, 5) is 24.0. The molecule has 0 spiro atoms. The number of Topliss-reactive ketones (excluding diaryl/α,β-unsaturated/α-hetero) is 1. The Balaban J connectivity index is 1.83. The van der Waals surface area contributed by atoms with Crippen LogP contribution in [0, 0.1) is 5.82 Å². The molecule has 0 aliphatic heterocycles. The fourth-order valence-electron chi connectivity index (χ4n) is 2.30. The number of ether oxygens (including phenoxy) is 1. The van der Waals surface area contributed by atoms with Crippen LogP contribution < -0.4 is 10.1 Å². The van der Waals surface area contributed by atoms with Crippen LogP contribution in [0.2, 0.25) is 0 Å². The number of methoxy groups -OCH3 is 1. The van der Waals surface area contributed by atoms with Crippen LogP contribution in [0.15, 0.2) is 48.5 Å². The van der Waals surface area contributed by atoms with Crippen molar-refractivity contribution in [1.29, 1.82) is 0 Å². The van der Waals surface area contributed by atoms with E-state index in [4.69, 9.17) is 4.74 Å². The van der Waals surface area contributed by atoms with Crippen LogP contribution in [-0.4, -0.2) is 18.8 Å². The van der Waals surface area contributed by atoms with Crippen molar-refractivity contribution < 1.29 is 18.7 Å². The van der Waals surface area contributed by atoms with Gasteiger partial charge in [0.2, 0.25) is 5.91 Å². The van der Waals surface area contributed by atoms with Gasteiger partial charge in [-0.1, -0.05) is 12.1 Å². The number of benzene rings is 2. The van der Waals surface area contributed by atoms with Gasteiger partial charge >= 0.3 is 0 Å². The highest BCUT2D eigenvalue weighted by atomic mass is 19.1. The smallest absolute Gasteiger partial charge is 0.220 e. The highest BCUT2D eigenvalue weighted by Crippen LogP contribution is 2.17. The number of carbonyl (C=O) groups is 2. The topological polar surface area (TPSA) is 55.4 Å². The molecule has 4 nitrogen and oxygen atoms in total. The molecular formula is C19H20FNO3. The van der Waals surface area contributed by atoms with Crippen molar-refractivity contribution in [2.75, 3.05) is 7.11 Å². The zero-order valence-corrected chi connectivity index (χ0v) is 13.7. The van der Waals surface area contributed by atoms with Gasteiger partial charge in [0.25, 0.3) is 0 Å². The van der Waals surface area contributed by atoms with Gasteiger partial charge in [0.15, 0.2) is 5.78 Å². The van der Waals surface area contributed by atoms with E-state index in [1.165, 1.54) is 24.3 Å². The minimum absolute atomic E-state index is 0.0901. The summed E-state index contributed by atoms with van der Waals surface area (Å²) >= 11 is 0. The van der Waals surface area contributed by atoms with Crippen molar-refractivity contribution in [2.24, 2.45) is 0 Å². The Hall–Kier alpha value is -2.69. The Kier molecular flexibility index (Phi) is 6.07. The molecule has 1 unspecified atom stereocenters. The van der Waals surface area contributed by atoms with Crippen LogP contribution in [0.25, 0.3) is 0 Å². The fraction of sp³-hybridized carbons (Fsp3) is 0.263. The third-order valence-electron chi connectivity index (χ3n) is 3.74. The summed E-state index contributed by atoms with van der Waals surface area (Å²) in [6.45, 7) is 1.88. The van der Waals surface area contributed by atoms with Gasteiger partial charge in [-0.2, -0.15) is 0 Å². The number of rotatable bonds is 7. The fourth-order valence-corrected chi connectivity index (χ4v) is 2.30. The maximum absolute atomic E-state index is 12.8. The summed E-state index contributed by atoms with van der Waals surface area (Å²) in [5.41, 5.74) is 1.36. The predicted octanol–water partition coefficient (Wildman–Crippen LogP) is 3.67. The number of hydrogen-bond donors (Lipinski definition) is 1. The van der Waals surface area contributed by atoms with Gasteiger partial charge in [0, 0.05) is 18.4 Å². The Morgan fingerprint density at radius 1 is 1.04 bits per heavy atom. The SMILES string of the molecule is COc1ccc(C(C)NC(=O)CCC(=O)c2ccc(F)cc2)cc1. The Morgan fingerprint density at radius 3 is 2.25 bits per heavy atom. The van der Waals surface area contributed by atoms with E-state index < -0.39 is 5.82 Å². The van der Waals surface area contributed by atoms with Crippen molar-refractivity contribution in [3.8, 4) is 5.75 Å². The molecule has 5 heteroatoms. The summed E-state index contributed by atoms with van der Waals surface area (Å²) in [5, 5.41) is 2.86. The first-order valence-electron chi connectivity index (χ1n) is 7.71. The van der Waals surface area contributed by atoms with Gasteiger partial charge in [-0.25, -0.2) is 4.39 Å². The molecule has 0 bridgehead atoms. The maximum Gasteiger partial charge on any atom is 0.220 e. The summed E-state index contributed by atoms with van der Waals surface area (Å²) < 4.78 is 17.9. The number of halogens is 1.